The molecule has 0 fully saturated rings. The fourth-order valence-electron chi connectivity index (χ4n) is 5.87. The zero-order chi connectivity index (χ0) is 43.5. The van der Waals surface area contributed by atoms with Crippen LogP contribution in [-0.4, -0.2) is 75.5 Å². The molecule has 2 atom stereocenters. The summed E-state index contributed by atoms with van der Waals surface area (Å²) in [4.78, 5) is 36.9. The molecule has 0 rings (SSSR count). The third-order valence-electron chi connectivity index (χ3n) is 9.37. The van der Waals surface area contributed by atoms with Crippen molar-refractivity contribution in [3.8, 4) is 0 Å². The second-order valence-corrected chi connectivity index (χ2v) is 15.8. The van der Waals surface area contributed by atoms with E-state index in [1.165, 1.54) is 44.9 Å². The van der Waals surface area contributed by atoms with Gasteiger partial charge >= 0.3 is 11.9 Å². The Hall–Kier alpha value is -4.01. The minimum atomic E-state index is -1.14. The fourth-order valence-corrected chi connectivity index (χ4v) is 5.87. The Balaban J connectivity index is 4.52. The topological polar surface area (TPSA) is 102 Å². The zero-order valence-corrected chi connectivity index (χ0v) is 37.6. The van der Waals surface area contributed by atoms with Gasteiger partial charge in [-0.1, -0.05) is 175 Å². The number of carboxylic acids is 1. The summed E-state index contributed by atoms with van der Waals surface area (Å²) in [5.74, 6) is -1.85. The lowest BCUT2D eigenvalue weighted by molar-refractivity contribution is -0.889. The summed E-state index contributed by atoms with van der Waals surface area (Å²) in [6.45, 7) is 4.41. The number of unbranched alkanes of at least 4 members (excludes halogenated alkanes) is 13. The first-order chi connectivity index (χ1) is 28.6. The van der Waals surface area contributed by atoms with Crippen molar-refractivity contribution >= 4 is 17.9 Å². The molecular formula is C51H81NO7. The zero-order valence-electron chi connectivity index (χ0n) is 37.6. The highest BCUT2D eigenvalue weighted by atomic mass is 16.6. The van der Waals surface area contributed by atoms with Crippen LogP contribution >= 0.6 is 0 Å². The maximum Gasteiger partial charge on any atom is 0.306 e. The number of hydrogen-bond donors (Lipinski definition) is 0. The Bertz CT molecular complexity index is 1330. The number of carbonyl (C=O) groups excluding carboxylic acids is 3. The first kappa shape index (κ1) is 55.0. The summed E-state index contributed by atoms with van der Waals surface area (Å²) in [5, 5.41) is 11.6. The third-order valence-corrected chi connectivity index (χ3v) is 9.37. The van der Waals surface area contributed by atoms with E-state index in [1.54, 1.807) is 21.1 Å². The van der Waals surface area contributed by atoms with E-state index in [2.05, 4.69) is 50.3 Å². The van der Waals surface area contributed by atoms with E-state index < -0.39 is 18.1 Å². The van der Waals surface area contributed by atoms with Gasteiger partial charge in [-0.2, -0.15) is 0 Å². The van der Waals surface area contributed by atoms with Crippen LogP contribution in [0.1, 0.15) is 142 Å². The van der Waals surface area contributed by atoms with E-state index in [0.29, 0.717) is 12.8 Å². The molecule has 2 unspecified atom stereocenters. The third kappa shape index (κ3) is 39.2. The lowest BCUT2D eigenvalue weighted by Gasteiger charge is -2.34. The van der Waals surface area contributed by atoms with Gasteiger partial charge in [0.2, 0.25) is 0 Å². The van der Waals surface area contributed by atoms with Crippen molar-refractivity contribution in [3.63, 3.8) is 0 Å². The number of hydrogen-bond acceptors (Lipinski definition) is 7. The van der Waals surface area contributed by atoms with Gasteiger partial charge in [-0.3, -0.25) is 9.59 Å². The molecule has 0 N–H and O–H groups in total. The van der Waals surface area contributed by atoms with Crippen LogP contribution in [0.5, 0.6) is 0 Å². The van der Waals surface area contributed by atoms with Crippen molar-refractivity contribution in [1.29, 1.82) is 0 Å². The summed E-state index contributed by atoms with van der Waals surface area (Å²) in [6.07, 6.45) is 55.4. The van der Waals surface area contributed by atoms with Gasteiger partial charge in [0, 0.05) is 19.3 Å². The van der Waals surface area contributed by atoms with E-state index in [4.69, 9.17) is 14.2 Å². The van der Waals surface area contributed by atoms with Gasteiger partial charge in [0.05, 0.1) is 40.3 Å². The summed E-state index contributed by atoms with van der Waals surface area (Å²) >= 11 is 0. The number of nitrogens with zero attached hydrogens (tertiary/aromatic N) is 1. The SMILES string of the molecule is CC/C=C/C=C/C=C/C=C/C=C/C=C/C=C/CCCCCC(=O)OCC(COCCC(C(=O)[O-])[N+](C)(C)C)OC(=O)CCCCC/C=C/C=C/CCCCCCCCC. The van der Waals surface area contributed by atoms with Crippen LogP contribution in [0.25, 0.3) is 0 Å². The summed E-state index contributed by atoms with van der Waals surface area (Å²) in [6, 6.07) is -0.745. The molecule has 59 heavy (non-hydrogen) atoms. The standard InChI is InChI=1S/C51H81NO7/c1-6-8-10-12-14-16-18-20-22-24-25-26-28-29-31-33-35-37-39-41-49(53)58-46-47(45-57-44-43-48(51(55)56)52(3,4)5)59-50(54)42-40-38-36-34-32-30-27-23-21-19-17-15-13-11-9-7-2/h8,10,12,14,16,18,20,22-32,47-48H,6-7,9,11,13,15,17,19,21,33-46H2,1-5H3/b10-8+,14-12+,18-16+,22-20+,25-24+,27-23+,28-26+,31-29+,32-30+. The number of ether oxygens (including phenoxy) is 3. The minimum absolute atomic E-state index is 0.00700. The molecule has 0 aliphatic heterocycles. The first-order valence-electron chi connectivity index (χ1n) is 22.5. The highest BCUT2D eigenvalue weighted by Crippen LogP contribution is 2.12. The number of carboxylic acid groups (broad SMARTS) is 1. The number of carbonyl (C=O) groups is 3. The molecule has 8 nitrogen and oxygen atoms in total. The van der Waals surface area contributed by atoms with Crippen molar-refractivity contribution < 1.29 is 38.2 Å². The van der Waals surface area contributed by atoms with Crippen LogP contribution < -0.4 is 5.11 Å². The van der Waals surface area contributed by atoms with Gasteiger partial charge < -0.3 is 28.6 Å². The van der Waals surface area contributed by atoms with Crippen LogP contribution in [-0.2, 0) is 28.6 Å². The average Bonchev–Trinajstić information content (AvgIpc) is 3.19. The molecule has 332 valence electrons. The molecule has 0 bridgehead atoms. The molecule has 0 radical (unpaired) electrons. The van der Waals surface area contributed by atoms with Crippen LogP contribution in [0, 0.1) is 0 Å². The highest BCUT2D eigenvalue weighted by molar-refractivity contribution is 5.70. The molecule has 8 heteroatoms. The maximum absolute atomic E-state index is 12.7. The van der Waals surface area contributed by atoms with E-state index >= 15 is 0 Å². The molecule has 0 aromatic heterocycles. The van der Waals surface area contributed by atoms with E-state index in [1.807, 2.05) is 72.9 Å². The van der Waals surface area contributed by atoms with Gasteiger partial charge in [0.1, 0.15) is 12.6 Å². The molecule has 0 aliphatic rings. The fraction of sp³-hybridized carbons (Fsp3) is 0.588. The first-order valence-corrected chi connectivity index (χ1v) is 22.5. The normalized spacial score (nSPS) is 14.0. The molecule has 0 saturated carbocycles. The number of likely N-dealkylation sites (N-methyl/N-ethyl adjacent to an activating group) is 1. The monoisotopic (exact) mass is 820 g/mol. The van der Waals surface area contributed by atoms with E-state index in [9.17, 15) is 19.5 Å². The van der Waals surface area contributed by atoms with Gasteiger partial charge in [-0.25, -0.2) is 0 Å². The maximum atomic E-state index is 12.7. The van der Waals surface area contributed by atoms with Crippen LogP contribution in [0.4, 0.5) is 0 Å². The van der Waals surface area contributed by atoms with Gasteiger partial charge in [-0.15, -0.1) is 0 Å². The Labute approximate surface area is 359 Å². The largest absolute Gasteiger partial charge is 0.544 e. The highest BCUT2D eigenvalue weighted by Gasteiger charge is 2.25. The van der Waals surface area contributed by atoms with Crippen molar-refractivity contribution in [2.24, 2.45) is 0 Å². The van der Waals surface area contributed by atoms with Crippen molar-refractivity contribution in [2.75, 3.05) is 41.0 Å². The Kier molecular flexibility index (Phi) is 38.0. The predicted molar refractivity (Wildman–Crippen MR) is 244 cm³/mol. The molecular weight excluding hydrogens is 739 g/mol. The van der Waals surface area contributed by atoms with E-state index in [0.717, 1.165) is 51.4 Å². The number of rotatable bonds is 38. The number of quaternary nitrogens is 1. The van der Waals surface area contributed by atoms with Gasteiger partial charge in [0.25, 0.3) is 0 Å². The lowest BCUT2D eigenvalue weighted by atomic mass is 10.1. The number of aliphatic carboxylic acids is 1. The van der Waals surface area contributed by atoms with Crippen LogP contribution in [0.15, 0.2) is 109 Å². The summed E-state index contributed by atoms with van der Waals surface area (Å²) < 4.78 is 17.1. The molecule has 0 spiro atoms. The molecule has 0 heterocycles. The number of esters is 2. The lowest BCUT2D eigenvalue weighted by Crippen LogP contribution is -2.55. The Morgan fingerprint density at radius 2 is 0.949 bits per heavy atom. The average molecular weight is 820 g/mol. The van der Waals surface area contributed by atoms with Crippen LogP contribution in [0.3, 0.4) is 0 Å². The summed E-state index contributed by atoms with van der Waals surface area (Å²) in [7, 11) is 5.37. The molecule has 0 amide bonds. The van der Waals surface area contributed by atoms with Crippen LogP contribution in [0.2, 0.25) is 0 Å². The molecule has 0 aromatic carbocycles. The molecule has 0 aliphatic carbocycles. The Morgan fingerprint density at radius 3 is 1.42 bits per heavy atom. The Morgan fingerprint density at radius 1 is 0.525 bits per heavy atom. The van der Waals surface area contributed by atoms with Crippen molar-refractivity contribution in [1.82, 2.24) is 0 Å². The second-order valence-electron chi connectivity index (χ2n) is 15.8. The van der Waals surface area contributed by atoms with Crippen molar-refractivity contribution in [2.45, 2.75) is 154 Å². The molecule has 0 aromatic rings. The smallest absolute Gasteiger partial charge is 0.306 e. The molecule has 0 saturated heterocycles. The quantitative estimate of drug-likeness (QED) is 0.0264. The summed E-state index contributed by atoms with van der Waals surface area (Å²) in [5.41, 5.74) is 0. The van der Waals surface area contributed by atoms with Crippen molar-refractivity contribution in [3.05, 3.63) is 109 Å². The van der Waals surface area contributed by atoms with Gasteiger partial charge in [-0.05, 0) is 57.8 Å². The second kappa shape index (κ2) is 40.8. The minimum Gasteiger partial charge on any atom is -0.544 e. The number of allylic oxidation sites excluding steroid dienone is 18. The van der Waals surface area contributed by atoms with E-state index in [-0.39, 0.29) is 55.5 Å². The predicted octanol–water partition coefficient (Wildman–Crippen LogP) is 11.1. The van der Waals surface area contributed by atoms with Gasteiger partial charge in [0.15, 0.2) is 6.10 Å².